The van der Waals surface area contributed by atoms with E-state index in [0.29, 0.717) is 23.5 Å². The molecule has 4 aromatic rings. The number of nitrogens with zero attached hydrogens (tertiary/aromatic N) is 3. The number of carbonyl (C=O) groups is 2. The molecule has 0 aliphatic heterocycles. The van der Waals surface area contributed by atoms with Gasteiger partial charge in [-0.2, -0.15) is 0 Å². The number of aromatic nitrogens is 3. The Kier molecular flexibility index (Phi) is 5.03. The first-order chi connectivity index (χ1) is 14.1. The minimum absolute atomic E-state index is 0.163. The summed E-state index contributed by atoms with van der Waals surface area (Å²) in [6.45, 7) is 2.01. The van der Waals surface area contributed by atoms with Crippen molar-refractivity contribution in [2.45, 2.75) is 13.5 Å². The molecule has 1 aromatic heterocycles. The van der Waals surface area contributed by atoms with Gasteiger partial charge in [-0.3, -0.25) is 9.59 Å². The van der Waals surface area contributed by atoms with E-state index in [2.05, 4.69) is 20.9 Å². The molecule has 0 spiro atoms. The number of amides is 2. The summed E-state index contributed by atoms with van der Waals surface area (Å²) in [5, 5.41) is 13.9. The summed E-state index contributed by atoms with van der Waals surface area (Å²) in [6, 6.07) is 22.2. The highest BCUT2D eigenvalue weighted by Gasteiger charge is 2.08. The molecule has 1 heterocycles. The molecule has 29 heavy (non-hydrogen) atoms. The van der Waals surface area contributed by atoms with Gasteiger partial charge in [0.1, 0.15) is 5.52 Å². The average Bonchev–Trinajstić information content (AvgIpc) is 3.11. The molecule has 0 aliphatic carbocycles. The molecule has 7 heteroatoms. The fourth-order valence-corrected chi connectivity index (χ4v) is 3.05. The van der Waals surface area contributed by atoms with Crippen LogP contribution >= 0.6 is 0 Å². The Labute approximate surface area is 167 Å². The van der Waals surface area contributed by atoms with Crippen molar-refractivity contribution in [3.8, 4) is 0 Å². The smallest absolute Gasteiger partial charge is 0.255 e. The van der Waals surface area contributed by atoms with Gasteiger partial charge in [-0.05, 0) is 48.0 Å². The molecule has 2 amide bonds. The Morgan fingerprint density at radius 2 is 1.62 bits per heavy atom. The van der Waals surface area contributed by atoms with E-state index in [1.165, 1.54) is 6.92 Å². The SMILES string of the molecule is CC(=O)Nc1cccc(NC(=O)c2ccc(Cn3nnc4ccccc43)cc2)c1. The fourth-order valence-electron chi connectivity index (χ4n) is 3.05. The minimum atomic E-state index is -0.220. The van der Waals surface area contributed by atoms with Gasteiger partial charge in [0.05, 0.1) is 12.1 Å². The lowest BCUT2D eigenvalue weighted by atomic mass is 10.1. The van der Waals surface area contributed by atoms with E-state index < -0.39 is 0 Å². The van der Waals surface area contributed by atoms with Crippen LogP contribution in [-0.2, 0) is 11.3 Å². The van der Waals surface area contributed by atoms with Crippen molar-refractivity contribution >= 4 is 34.2 Å². The van der Waals surface area contributed by atoms with Gasteiger partial charge in [0.15, 0.2) is 0 Å². The first-order valence-corrected chi connectivity index (χ1v) is 9.15. The van der Waals surface area contributed by atoms with E-state index in [4.69, 9.17) is 0 Å². The zero-order chi connectivity index (χ0) is 20.2. The normalized spacial score (nSPS) is 10.7. The summed E-state index contributed by atoms with van der Waals surface area (Å²) in [7, 11) is 0. The molecule has 7 nitrogen and oxygen atoms in total. The lowest BCUT2D eigenvalue weighted by Gasteiger charge is -2.09. The summed E-state index contributed by atoms with van der Waals surface area (Å²) < 4.78 is 1.83. The fraction of sp³-hybridized carbons (Fsp3) is 0.0909. The molecule has 0 saturated carbocycles. The highest BCUT2D eigenvalue weighted by molar-refractivity contribution is 6.04. The van der Waals surface area contributed by atoms with Crippen molar-refractivity contribution in [3.05, 3.63) is 83.9 Å². The molecular weight excluding hydrogens is 366 g/mol. The van der Waals surface area contributed by atoms with Crippen LogP contribution in [0.5, 0.6) is 0 Å². The summed E-state index contributed by atoms with van der Waals surface area (Å²) in [4.78, 5) is 23.7. The summed E-state index contributed by atoms with van der Waals surface area (Å²) >= 11 is 0. The molecule has 144 valence electrons. The highest BCUT2D eigenvalue weighted by Crippen LogP contribution is 2.17. The lowest BCUT2D eigenvalue weighted by Crippen LogP contribution is -2.13. The first kappa shape index (κ1) is 18.4. The molecule has 0 bridgehead atoms. The Hall–Kier alpha value is -4.00. The Morgan fingerprint density at radius 3 is 2.38 bits per heavy atom. The molecule has 0 aliphatic rings. The van der Waals surface area contributed by atoms with Gasteiger partial charge in [-0.15, -0.1) is 5.10 Å². The van der Waals surface area contributed by atoms with Crippen LogP contribution in [0.25, 0.3) is 11.0 Å². The van der Waals surface area contributed by atoms with Gasteiger partial charge in [0.2, 0.25) is 5.91 Å². The molecule has 0 atom stereocenters. The van der Waals surface area contributed by atoms with Gasteiger partial charge in [0.25, 0.3) is 5.91 Å². The van der Waals surface area contributed by atoms with E-state index >= 15 is 0 Å². The summed E-state index contributed by atoms with van der Waals surface area (Å²) in [5.41, 5.74) is 4.62. The van der Waals surface area contributed by atoms with Gasteiger partial charge < -0.3 is 10.6 Å². The van der Waals surface area contributed by atoms with Crippen LogP contribution in [0.4, 0.5) is 11.4 Å². The van der Waals surface area contributed by atoms with Gasteiger partial charge in [0, 0.05) is 23.9 Å². The first-order valence-electron chi connectivity index (χ1n) is 9.15. The van der Waals surface area contributed by atoms with Crippen molar-refractivity contribution in [2.24, 2.45) is 0 Å². The van der Waals surface area contributed by atoms with Crippen LogP contribution in [-0.4, -0.2) is 26.8 Å². The van der Waals surface area contributed by atoms with E-state index in [1.807, 2.05) is 41.1 Å². The zero-order valence-electron chi connectivity index (χ0n) is 15.8. The van der Waals surface area contributed by atoms with Crippen molar-refractivity contribution in [2.75, 3.05) is 10.6 Å². The third-order valence-corrected chi connectivity index (χ3v) is 4.41. The number of hydrogen-bond acceptors (Lipinski definition) is 4. The lowest BCUT2D eigenvalue weighted by molar-refractivity contribution is -0.114. The molecule has 0 radical (unpaired) electrons. The van der Waals surface area contributed by atoms with Crippen LogP contribution in [0.15, 0.2) is 72.8 Å². The van der Waals surface area contributed by atoms with Gasteiger partial charge in [-0.1, -0.05) is 35.5 Å². The van der Waals surface area contributed by atoms with Gasteiger partial charge >= 0.3 is 0 Å². The molecule has 0 fully saturated rings. The topological polar surface area (TPSA) is 88.9 Å². The number of benzene rings is 3. The maximum Gasteiger partial charge on any atom is 0.255 e. The number of anilines is 2. The number of nitrogens with one attached hydrogen (secondary N) is 2. The highest BCUT2D eigenvalue weighted by atomic mass is 16.2. The molecule has 0 saturated heterocycles. The second-order valence-electron chi connectivity index (χ2n) is 6.65. The van der Waals surface area contributed by atoms with E-state index in [-0.39, 0.29) is 11.8 Å². The number of hydrogen-bond donors (Lipinski definition) is 2. The third-order valence-electron chi connectivity index (χ3n) is 4.41. The number of rotatable bonds is 5. The summed E-state index contributed by atoms with van der Waals surface area (Å²) in [5.74, 6) is -0.382. The maximum atomic E-state index is 12.5. The van der Waals surface area contributed by atoms with Crippen LogP contribution in [0.3, 0.4) is 0 Å². The standard InChI is InChI=1S/C22H19N5O2/c1-15(28)23-18-5-4-6-19(13-18)24-22(29)17-11-9-16(10-12-17)14-27-21-8-3-2-7-20(21)25-26-27/h2-13H,14H2,1H3,(H,23,28)(H,24,29). The second kappa shape index (κ2) is 7.93. The molecule has 2 N–H and O–H groups in total. The Balaban J connectivity index is 1.45. The average molecular weight is 385 g/mol. The number of carbonyl (C=O) groups excluding carboxylic acids is 2. The quantitative estimate of drug-likeness (QED) is 0.548. The van der Waals surface area contributed by atoms with E-state index in [0.717, 1.165) is 16.6 Å². The van der Waals surface area contributed by atoms with E-state index in [9.17, 15) is 9.59 Å². The van der Waals surface area contributed by atoms with Crippen LogP contribution in [0, 0.1) is 0 Å². The van der Waals surface area contributed by atoms with Crippen molar-refractivity contribution in [3.63, 3.8) is 0 Å². The van der Waals surface area contributed by atoms with Crippen molar-refractivity contribution in [1.29, 1.82) is 0 Å². The molecule has 3 aromatic carbocycles. The van der Waals surface area contributed by atoms with Crippen molar-refractivity contribution < 1.29 is 9.59 Å². The number of fused-ring (bicyclic) bond motifs is 1. The van der Waals surface area contributed by atoms with Gasteiger partial charge in [-0.25, -0.2) is 4.68 Å². The summed E-state index contributed by atoms with van der Waals surface area (Å²) in [6.07, 6.45) is 0. The van der Waals surface area contributed by atoms with Crippen LogP contribution in [0.1, 0.15) is 22.8 Å². The predicted molar refractivity (Wildman–Crippen MR) is 112 cm³/mol. The monoisotopic (exact) mass is 385 g/mol. The minimum Gasteiger partial charge on any atom is -0.326 e. The largest absolute Gasteiger partial charge is 0.326 e. The zero-order valence-corrected chi connectivity index (χ0v) is 15.8. The van der Waals surface area contributed by atoms with Crippen molar-refractivity contribution in [1.82, 2.24) is 15.0 Å². The van der Waals surface area contributed by atoms with E-state index in [1.54, 1.807) is 36.4 Å². The Bertz CT molecular complexity index is 1180. The molecular formula is C22H19N5O2. The van der Waals surface area contributed by atoms with Crippen LogP contribution in [0.2, 0.25) is 0 Å². The second-order valence-corrected chi connectivity index (χ2v) is 6.65. The number of para-hydroxylation sites is 1. The third kappa shape index (κ3) is 4.30. The molecule has 0 unspecified atom stereocenters. The predicted octanol–water partition coefficient (Wildman–Crippen LogP) is 3.69. The van der Waals surface area contributed by atoms with Crippen LogP contribution < -0.4 is 10.6 Å². The Morgan fingerprint density at radius 1 is 0.897 bits per heavy atom. The molecule has 4 rings (SSSR count). The maximum absolute atomic E-state index is 12.5.